The second-order valence-electron chi connectivity index (χ2n) is 5.85. The molecule has 1 saturated heterocycles. The highest BCUT2D eigenvalue weighted by Crippen LogP contribution is 2.35. The lowest BCUT2D eigenvalue weighted by Crippen LogP contribution is -2.44. The summed E-state index contributed by atoms with van der Waals surface area (Å²) in [6.45, 7) is 3.05. The quantitative estimate of drug-likeness (QED) is 0.903. The highest BCUT2D eigenvalue weighted by molar-refractivity contribution is 5.35. The topological polar surface area (TPSA) is 32.7 Å². The Morgan fingerprint density at radius 2 is 2.00 bits per heavy atom. The zero-order chi connectivity index (χ0) is 13.2. The summed E-state index contributed by atoms with van der Waals surface area (Å²) in [6, 6.07) is 8.59. The van der Waals surface area contributed by atoms with E-state index >= 15 is 0 Å². The van der Waals surface area contributed by atoms with Gasteiger partial charge in [0.1, 0.15) is 0 Å². The van der Waals surface area contributed by atoms with Gasteiger partial charge in [0, 0.05) is 19.8 Å². The number of aliphatic hydroxyl groups is 1. The molecule has 0 bridgehead atoms. The van der Waals surface area contributed by atoms with Gasteiger partial charge in [-0.15, -0.1) is 0 Å². The summed E-state index contributed by atoms with van der Waals surface area (Å²) in [5, 5.41) is 10.5. The van der Waals surface area contributed by atoms with Crippen LogP contribution in [0.1, 0.15) is 30.1 Å². The van der Waals surface area contributed by atoms with Crippen LogP contribution < -0.4 is 0 Å². The van der Waals surface area contributed by atoms with E-state index in [2.05, 4.69) is 23.1 Å². The maximum absolute atomic E-state index is 10.5. The van der Waals surface area contributed by atoms with Gasteiger partial charge in [-0.2, -0.15) is 0 Å². The molecule has 3 heteroatoms. The molecule has 19 heavy (non-hydrogen) atoms. The molecule has 0 aromatic heterocycles. The molecule has 1 aromatic carbocycles. The highest BCUT2D eigenvalue weighted by atomic mass is 16.5. The molecule has 3 nitrogen and oxygen atoms in total. The minimum Gasteiger partial charge on any atom is -0.387 e. The number of hydrogen-bond donors (Lipinski definition) is 1. The summed E-state index contributed by atoms with van der Waals surface area (Å²) in [4.78, 5) is 2.47. The fourth-order valence-electron chi connectivity index (χ4n) is 3.57. The van der Waals surface area contributed by atoms with Crippen molar-refractivity contribution in [3.8, 4) is 0 Å². The van der Waals surface area contributed by atoms with Crippen LogP contribution in [0.5, 0.6) is 0 Å². The third-order valence-corrected chi connectivity index (χ3v) is 4.69. The first-order valence-electron chi connectivity index (χ1n) is 7.28. The Hall–Kier alpha value is -0.900. The van der Waals surface area contributed by atoms with Crippen LogP contribution in [-0.4, -0.2) is 42.9 Å². The number of aliphatic hydroxyl groups excluding tert-OH is 1. The SMILES string of the molecule is COCC1CCN(C2Cc3ccccc3C2O)CC1. The summed E-state index contributed by atoms with van der Waals surface area (Å²) >= 11 is 0. The maximum Gasteiger partial charge on any atom is 0.0951 e. The first kappa shape index (κ1) is 13.1. The first-order valence-corrected chi connectivity index (χ1v) is 7.28. The van der Waals surface area contributed by atoms with Gasteiger partial charge in [-0.25, -0.2) is 0 Å². The molecule has 0 spiro atoms. The Labute approximate surface area is 115 Å². The molecule has 0 radical (unpaired) electrons. The van der Waals surface area contributed by atoms with Crippen molar-refractivity contribution in [2.45, 2.75) is 31.4 Å². The number of methoxy groups -OCH3 is 1. The van der Waals surface area contributed by atoms with Crippen LogP contribution in [0.2, 0.25) is 0 Å². The zero-order valence-corrected chi connectivity index (χ0v) is 11.6. The second-order valence-corrected chi connectivity index (χ2v) is 5.85. The van der Waals surface area contributed by atoms with E-state index in [-0.39, 0.29) is 12.1 Å². The average molecular weight is 261 g/mol. The van der Waals surface area contributed by atoms with Gasteiger partial charge in [-0.3, -0.25) is 4.90 Å². The summed E-state index contributed by atoms with van der Waals surface area (Å²) in [5.74, 6) is 0.696. The minimum absolute atomic E-state index is 0.279. The molecule has 1 aromatic rings. The molecule has 1 aliphatic heterocycles. The Kier molecular flexibility index (Phi) is 3.87. The van der Waals surface area contributed by atoms with Crippen LogP contribution >= 0.6 is 0 Å². The van der Waals surface area contributed by atoms with Crippen molar-refractivity contribution in [3.05, 3.63) is 35.4 Å². The largest absolute Gasteiger partial charge is 0.387 e. The Balaban J connectivity index is 1.63. The van der Waals surface area contributed by atoms with E-state index in [0.29, 0.717) is 5.92 Å². The van der Waals surface area contributed by atoms with Crippen LogP contribution in [0.4, 0.5) is 0 Å². The van der Waals surface area contributed by atoms with Crippen LogP contribution in [0, 0.1) is 5.92 Å². The summed E-state index contributed by atoms with van der Waals surface area (Å²) in [6.07, 6.45) is 3.06. The normalized spacial score (nSPS) is 28.5. The molecule has 0 amide bonds. The minimum atomic E-state index is -0.310. The maximum atomic E-state index is 10.5. The predicted octanol–water partition coefficient (Wildman–Crippen LogP) is 2.00. The fourth-order valence-corrected chi connectivity index (χ4v) is 3.57. The van der Waals surface area contributed by atoms with Crippen molar-refractivity contribution in [2.24, 2.45) is 5.92 Å². The highest BCUT2D eigenvalue weighted by Gasteiger charge is 2.36. The van der Waals surface area contributed by atoms with Crippen LogP contribution in [-0.2, 0) is 11.2 Å². The predicted molar refractivity (Wildman–Crippen MR) is 75.1 cm³/mol. The van der Waals surface area contributed by atoms with Gasteiger partial charge in [0.05, 0.1) is 6.10 Å². The van der Waals surface area contributed by atoms with E-state index in [1.807, 2.05) is 6.07 Å². The Bertz CT molecular complexity index is 427. The van der Waals surface area contributed by atoms with E-state index in [9.17, 15) is 5.11 Å². The fraction of sp³-hybridized carbons (Fsp3) is 0.625. The summed E-state index contributed by atoms with van der Waals surface area (Å²) < 4.78 is 5.25. The molecular formula is C16H23NO2. The zero-order valence-electron chi connectivity index (χ0n) is 11.6. The van der Waals surface area contributed by atoms with Gasteiger partial charge in [-0.05, 0) is 49.4 Å². The second kappa shape index (κ2) is 5.61. The van der Waals surface area contributed by atoms with E-state index in [0.717, 1.165) is 31.7 Å². The van der Waals surface area contributed by atoms with E-state index in [1.165, 1.54) is 18.4 Å². The van der Waals surface area contributed by atoms with Gasteiger partial charge < -0.3 is 9.84 Å². The van der Waals surface area contributed by atoms with Crippen molar-refractivity contribution in [3.63, 3.8) is 0 Å². The third-order valence-electron chi connectivity index (χ3n) is 4.69. The van der Waals surface area contributed by atoms with Gasteiger partial charge in [0.2, 0.25) is 0 Å². The lowest BCUT2D eigenvalue weighted by atomic mass is 9.95. The Morgan fingerprint density at radius 1 is 1.26 bits per heavy atom. The first-order chi connectivity index (χ1) is 9.29. The molecule has 104 valence electrons. The molecule has 1 N–H and O–H groups in total. The van der Waals surface area contributed by atoms with E-state index < -0.39 is 0 Å². The van der Waals surface area contributed by atoms with Gasteiger partial charge in [0.25, 0.3) is 0 Å². The number of benzene rings is 1. The molecular weight excluding hydrogens is 238 g/mol. The molecule has 1 aliphatic carbocycles. The lowest BCUT2D eigenvalue weighted by molar-refractivity contribution is 0.0265. The molecule has 1 heterocycles. The average Bonchev–Trinajstić information content (AvgIpc) is 2.78. The molecule has 2 aliphatic rings. The van der Waals surface area contributed by atoms with Crippen molar-refractivity contribution >= 4 is 0 Å². The van der Waals surface area contributed by atoms with Crippen molar-refractivity contribution in [2.75, 3.05) is 26.8 Å². The summed E-state index contributed by atoms with van der Waals surface area (Å²) in [5.41, 5.74) is 2.45. The number of fused-ring (bicyclic) bond motifs is 1. The van der Waals surface area contributed by atoms with Crippen LogP contribution in [0.15, 0.2) is 24.3 Å². The number of piperidine rings is 1. The number of rotatable bonds is 3. The Morgan fingerprint density at radius 3 is 2.68 bits per heavy atom. The number of likely N-dealkylation sites (tertiary alicyclic amines) is 1. The standard InChI is InChI=1S/C16H23NO2/c1-19-11-12-6-8-17(9-7-12)15-10-13-4-2-3-5-14(13)16(15)18/h2-5,12,15-16,18H,6-11H2,1H3. The lowest BCUT2D eigenvalue weighted by Gasteiger charge is -2.37. The molecule has 3 rings (SSSR count). The van der Waals surface area contributed by atoms with E-state index in [1.54, 1.807) is 7.11 Å². The molecule has 2 unspecified atom stereocenters. The van der Waals surface area contributed by atoms with Crippen molar-refractivity contribution in [1.29, 1.82) is 0 Å². The number of ether oxygens (including phenoxy) is 1. The van der Waals surface area contributed by atoms with Crippen molar-refractivity contribution < 1.29 is 9.84 Å². The van der Waals surface area contributed by atoms with Gasteiger partial charge >= 0.3 is 0 Å². The number of nitrogens with zero attached hydrogens (tertiary/aromatic N) is 1. The smallest absolute Gasteiger partial charge is 0.0951 e. The summed E-state index contributed by atoms with van der Waals surface area (Å²) in [7, 11) is 1.78. The van der Waals surface area contributed by atoms with E-state index in [4.69, 9.17) is 4.74 Å². The van der Waals surface area contributed by atoms with Crippen LogP contribution in [0.25, 0.3) is 0 Å². The number of hydrogen-bond acceptors (Lipinski definition) is 3. The monoisotopic (exact) mass is 261 g/mol. The van der Waals surface area contributed by atoms with Crippen LogP contribution in [0.3, 0.4) is 0 Å². The molecule has 2 atom stereocenters. The van der Waals surface area contributed by atoms with Gasteiger partial charge in [-0.1, -0.05) is 24.3 Å². The molecule has 1 fully saturated rings. The van der Waals surface area contributed by atoms with Gasteiger partial charge in [0.15, 0.2) is 0 Å². The third kappa shape index (κ3) is 2.55. The molecule has 0 saturated carbocycles. The van der Waals surface area contributed by atoms with Crippen molar-refractivity contribution in [1.82, 2.24) is 4.90 Å².